The van der Waals surface area contributed by atoms with Crippen molar-refractivity contribution in [1.82, 2.24) is 5.32 Å². The molecule has 1 atom stereocenters. The quantitative estimate of drug-likeness (QED) is 0.728. The number of aryl methyl sites for hydroxylation is 1. The van der Waals surface area contributed by atoms with Crippen molar-refractivity contribution in [2.45, 2.75) is 19.9 Å². The Morgan fingerprint density at radius 2 is 2.17 bits per heavy atom. The maximum absolute atomic E-state index is 12.1. The van der Waals surface area contributed by atoms with Crippen molar-refractivity contribution in [3.63, 3.8) is 0 Å². The summed E-state index contributed by atoms with van der Waals surface area (Å²) in [4.78, 5) is 12.1. The molecule has 1 aromatic rings. The summed E-state index contributed by atoms with van der Waals surface area (Å²) in [5, 5.41) is 5.87. The maximum Gasteiger partial charge on any atom is 0.243 e. The van der Waals surface area contributed by atoms with Crippen LogP contribution in [0, 0.1) is 6.92 Å². The number of amides is 1. The van der Waals surface area contributed by atoms with E-state index in [9.17, 15) is 13.2 Å². The molecule has 23 heavy (non-hydrogen) atoms. The van der Waals surface area contributed by atoms with Crippen LogP contribution in [0.15, 0.2) is 18.2 Å². The fourth-order valence-electron chi connectivity index (χ4n) is 2.06. The summed E-state index contributed by atoms with van der Waals surface area (Å²) < 4.78 is 30.9. The van der Waals surface area contributed by atoms with Crippen molar-refractivity contribution in [3.8, 4) is 0 Å². The average Bonchev–Trinajstić information content (AvgIpc) is 2.51. The standard InChI is InChI=1S/C14H21N3O4S.ClH/c1-3-22(19,20)17-12-5-4-11(8-10(12)2)16-14(18)13-9-21-7-6-15-13;/h4-5,8,13,15,17H,3,6-7,9H2,1-2H3,(H,16,18);1H. The molecule has 0 spiro atoms. The second kappa shape index (κ2) is 8.49. The Morgan fingerprint density at radius 1 is 1.43 bits per heavy atom. The molecule has 1 heterocycles. The number of halogens is 1. The number of carbonyl (C=O) groups excluding carboxylic acids is 1. The van der Waals surface area contributed by atoms with E-state index in [0.717, 1.165) is 5.56 Å². The Balaban J connectivity index is 0.00000264. The van der Waals surface area contributed by atoms with Gasteiger partial charge in [-0.15, -0.1) is 12.4 Å². The molecule has 1 aliphatic heterocycles. The van der Waals surface area contributed by atoms with E-state index in [-0.39, 0.29) is 30.1 Å². The van der Waals surface area contributed by atoms with Crippen molar-refractivity contribution in [2.24, 2.45) is 0 Å². The van der Waals surface area contributed by atoms with Crippen molar-refractivity contribution in [2.75, 3.05) is 35.6 Å². The van der Waals surface area contributed by atoms with E-state index < -0.39 is 10.0 Å². The molecule has 0 bridgehead atoms. The molecule has 2 rings (SSSR count). The summed E-state index contributed by atoms with van der Waals surface area (Å²) >= 11 is 0. The summed E-state index contributed by atoms with van der Waals surface area (Å²) in [6.45, 7) is 4.96. The third-order valence-corrected chi connectivity index (χ3v) is 4.67. The Morgan fingerprint density at radius 3 is 2.74 bits per heavy atom. The van der Waals surface area contributed by atoms with Crippen LogP contribution in [-0.2, 0) is 19.6 Å². The molecule has 0 radical (unpaired) electrons. The Bertz CT molecular complexity index is 645. The molecule has 3 N–H and O–H groups in total. The Labute approximate surface area is 142 Å². The van der Waals surface area contributed by atoms with Crippen LogP contribution in [0.3, 0.4) is 0 Å². The molecular weight excluding hydrogens is 342 g/mol. The number of ether oxygens (including phenoxy) is 1. The number of carbonyl (C=O) groups is 1. The number of hydrogen-bond acceptors (Lipinski definition) is 5. The highest BCUT2D eigenvalue weighted by Gasteiger charge is 2.21. The molecule has 130 valence electrons. The van der Waals surface area contributed by atoms with Crippen molar-refractivity contribution >= 4 is 39.7 Å². The zero-order valence-electron chi connectivity index (χ0n) is 13.1. The first kappa shape index (κ1) is 19.7. The van der Waals surface area contributed by atoms with E-state index in [1.54, 1.807) is 32.0 Å². The molecule has 7 nitrogen and oxygen atoms in total. The van der Waals surface area contributed by atoms with Gasteiger partial charge < -0.3 is 15.4 Å². The van der Waals surface area contributed by atoms with Crippen LogP contribution >= 0.6 is 12.4 Å². The number of sulfonamides is 1. The zero-order chi connectivity index (χ0) is 16.2. The molecule has 0 aliphatic carbocycles. The molecule has 1 amide bonds. The molecule has 9 heteroatoms. The first-order valence-electron chi connectivity index (χ1n) is 7.14. The lowest BCUT2D eigenvalue weighted by molar-refractivity contribution is -0.120. The van der Waals surface area contributed by atoms with Crippen LogP contribution in [0.5, 0.6) is 0 Å². The van der Waals surface area contributed by atoms with Crippen LogP contribution in [-0.4, -0.2) is 45.9 Å². The largest absolute Gasteiger partial charge is 0.378 e. The molecule has 1 saturated heterocycles. The number of morpholine rings is 1. The second-order valence-corrected chi connectivity index (χ2v) is 7.12. The van der Waals surface area contributed by atoms with Crippen LogP contribution in [0.2, 0.25) is 0 Å². The normalized spacial score (nSPS) is 17.9. The number of rotatable bonds is 5. The molecule has 1 fully saturated rings. The van der Waals surface area contributed by atoms with Crippen molar-refractivity contribution in [3.05, 3.63) is 23.8 Å². The van der Waals surface area contributed by atoms with E-state index in [1.165, 1.54) is 0 Å². The van der Waals surface area contributed by atoms with E-state index >= 15 is 0 Å². The highest BCUT2D eigenvalue weighted by molar-refractivity contribution is 7.92. The zero-order valence-corrected chi connectivity index (χ0v) is 14.7. The van der Waals surface area contributed by atoms with Gasteiger partial charge in [-0.1, -0.05) is 0 Å². The number of hydrogen-bond donors (Lipinski definition) is 3. The first-order valence-corrected chi connectivity index (χ1v) is 8.79. The van der Waals surface area contributed by atoms with Crippen molar-refractivity contribution < 1.29 is 17.9 Å². The third kappa shape index (κ3) is 5.65. The lowest BCUT2D eigenvalue weighted by Gasteiger charge is -2.23. The summed E-state index contributed by atoms with van der Waals surface area (Å²) in [6.07, 6.45) is 0. The Kier molecular flexibility index (Phi) is 7.27. The van der Waals surface area contributed by atoms with Gasteiger partial charge in [0.2, 0.25) is 15.9 Å². The van der Waals surface area contributed by atoms with Crippen molar-refractivity contribution in [1.29, 1.82) is 0 Å². The van der Waals surface area contributed by atoms with Gasteiger partial charge >= 0.3 is 0 Å². The van der Waals surface area contributed by atoms with Crippen LogP contribution in [0.4, 0.5) is 11.4 Å². The van der Waals surface area contributed by atoms with Gasteiger partial charge in [-0.3, -0.25) is 9.52 Å². The minimum Gasteiger partial charge on any atom is -0.378 e. The summed E-state index contributed by atoms with van der Waals surface area (Å²) in [5.41, 5.74) is 1.87. The van der Waals surface area contributed by atoms with E-state index in [1.807, 2.05) is 0 Å². The highest BCUT2D eigenvalue weighted by Crippen LogP contribution is 2.21. The van der Waals surface area contributed by atoms with Gasteiger partial charge in [0.1, 0.15) is 6.04 Å². The second-order valence-electron chi connectivity index (χ2n) is 5.11. The molecular formula is C14H22ClN3O4S. The van der Waals surface area contributed by atoms with Gasteiger partial charge in [-0.05, 0) is 37.6 Å². The molecule has 1 unspecified atom stereocenters. The van der Waals surface area contributed by atoms with Gasteiger partial charge in [0.05, 0.1) is 24.7 Å². The fraction of sp³-hybridized carbons (Fsp3) is 0.500. The van der Waals surface area contributed by atoms with Gasteiger partial charge in [0, 0.05) is 12.2 Å². The lowest BCUT2D eigenvalue weighted by Crippen LogP contribution is -2.48. The van der Waals surface area contributed by atoms with E-state index in [2.05, 4.69) is 15.4 Å². The fourth-order valence-corrected chi connectivity index (χ4v) is 2.77. The van der Waals surface area contributed by atoms with Gasteiger partial charge in [-0.2, -0.15) is 0 Å². The van der Waals surface area contributed by atoms with Gasteiger partial charge in [0.25, 0.3) is 0 Å². The monoisotopic (exact) mass is 363 g/mol. The molecule has 0 saturated carbocycles. The van der Waals surface area contributed by atoms with E-state index in [4.69, 9.17) is 4.74 Å². The third-order valence-electron chi connectivity index (χ3n) is 3.38. The topological polar surface area (TPSA) is 96.5 Å². The maximum atomic E-state index is 12.1. The predicted octanol–water partition coefficient (Wildman–Crippen LogP) is 1.11. The summed E-state index contributed by atoms with van der Waals surface area (Å²) in [7, 11) is -3.31. The van der Waals surface area contributed by atoms with E-state index in [0.29, 0.717) is 31.1 Å². The van der Waals surface area contributed by atoms with Crippen LogP contribution in [0.25, 0.3) is 0 Å². The minimum atomic E-state index is -3.31. The SMILES string of the molecule is CCS(=O)(=O)Nc1ccc(NC(=O)C2COCCN2)cc1C.Cl. The molecule has 0 aromatic heterocycles. The van der Waals surface area contributed by atoms with Crippen LogP contribution < -0.4 is 15.4 Å². The first-order chi connectivity index (χ1) is 10.4. The smallest absolute Gasteiger partial charge is 0.243 e. The highest BCUT2D eigenvalue weighted by atomic mass is 35.5. The lowest BCUT2D eigenvalue weighted by atomic mass is 10.1. The summed E-state index contributed by atoms with van der Waals surface area (Å²) in [6, 6.07) is 4.67. The minimum absolute atomic E-state index is 0. The van der Waals surface area contributed by atoms with Gasteiger partial charge in [0.15, 0.2) is 0 Å². The predicted molar refractivity (Wildman–Crippen MR) is 92.7 cm³/mol. The molecule has 1 aliphatic rings. The number of nitrogens with one attached hydrogen (secondary N) is 3. The molecule has 1 aromatic carbocycles. The van der Waals surface area contributed by atoms with Gasteiger partial charge in [-0.25, -0.2) is 8.42 Å². The number of anilines is 2. The Hall–Kier alpha value is -1.35. The van der Waals surface area contributed by atoms with Crippen LogP contribution in [0.1, 0.15) is 12.5 Å². The number of benzene rings is 1. The summed E-state index contributed by atoms with van der Waals surface area (Å²) in [5.74, 6) is -0.154. The average molecular weight is 364 g/mol.